The summed E-state index contributed by atoms with van der Waals surface area (Å²) in [6.45, 7) is 3.19. The van der Waals surface area contributed by atoms with Gasteiger partial charge in [0.15, 0.2) is 0 Å². The molecule has 0 aromatic heterocycles. The topological polar surface area (TPSA) is 58.6 Å². The zero-order valence-electron chi connectivity index (χ0n) is 12.5. The Balaban J connectivity index is 2.21. The quantitative estimate of drug-likeness (QED) is 0.874. The Hall–Kier alpha value is -0.630. The highest BCUT2D eigenvalue weighted by Gasteiger charge is 2.34. The molecule has 1 heterocycles. The van der Waals surface area contributed by atoms with E-state index in [0.717, 1.165) is 12.8 Å². The molecule has 0 spiro atoms. The van der Waals surface area contributed by atoms with Crippen LogP contribution in [0.25, 0.3) is 0 Å². The van der Waals surface area contributed by atoms with E-state index in [1.807, 2.05) is 7.05 Å². The molecule has 0 unspecified atom stereocenters. The molecule has 0 atom stereocenters. The minimum Gasteiger partial charge on any atom is -0.496 e. The van der Waals surface area contributed by atoms with Gasteiger partial charge in [-0.1, -0.05) is 0 Å². The van der Waals surface area contributed by atoms with Gasteiger partial charge >= 0.3 is 0 Å². The molecule has 0 amide bonds. The van der Waals surface area contributed by atoms with E-state index in [-0.39, 0.29) is 5.54 Å². The van der Waals surface area contributed by atoms with E-state index >= 15 is 0 Å². The third kappa shape index (κ3) is 3.41. The SMILES string of the molecule is CNC1(C)CCN(S(=O)(=O)c2ccc(OC)c(Br)c2)CC1. The average molecular weight is 377 g/mol. The van der Waals surface area contributed by atoms with E-state index in [4.69, 9.17) is 4.74 Å². The van der Waals surface area contributed by atoms with Crippen molar-refractivity contribution >= 4 is 26.0 Å². The second-order valence-corrected chi connectivity index (χ2v) is 8.30. The number of sulfonamides is 1. The Morgan fingerprint density at radius 2 is 1.95 bits per heavy atom. The summed E-state index contributed by atoms with van der Waals surface area (Å²) in [6, 6.07) is 4.85. The summed E-state index contributed by atoms with van der Waals surface area (Å²) in [5.74, 6) is 0.621. The average Bonchev–Trinajstić information content (AvgIpc) is 2.47. The molecule has 1 aliphatic heterocycles. The number of hydrogen-bond acceptors (Lipinski definition) is 4. The summed E-state index contributed by atoms with van der Waals surface area (Å²) in [6.07, 6.45) is 1.61. The van der Waals surface area contributed by atoms with Crippen molar-refractivity contribution in [2.75, 3.05) is 27.2 Å². The van der Waals surface area contributed by atoms with Gasteiger partial charge in [0.1, 0.15) is 5.75 Å². The van der Waals surface area contributed by atoms with Gasteiger partial charge in [-0.2, -0.15) is 4.31 Å². The van der Waals surface area contributed by atoms with Crippen LogP contribution < -0.4 is 10.1 Å². The number of nitrogens with zero attached hydrogens (tertiary/aromatic N) is 1. The standard InChI is InChI=1S/C14H21BrN2O3S/c1-14(16-2)6-8-17(9-7-14)21(18,19)11-4-5-13(20-3)12(15)10-11/h4-5,10,16H,6-9H2,1-3H3. The summed E-state index contributed by atoms with van der Waals surface area (Å²) in [4.78, 5) is 0.295. The van der Waals surface area contributed by atoms with Crippen molar-refractivity contribution in [2.45, 2.75) is 30.2 Å². The second kappa shape index (κ2) is 6.24. The van der Waals surface area contributed by atoms with Crippen LogP contribution in [0.3, 0.4) is 0 Å². The molecule has 1 N–H and O–H groups in total. The Labute approximate surface area is 134 Å². The predicted molar refractivity (Wildman–Crippen MR) is 86.2 cm³/mol. The van der Waals surface area contributed by atoms with Crippen molar-refractivity contribution in [3.63, 3.8) is 0 Å². The van der Waals surface area contributed by atoms with E-state index < -0.39 is 10.0 Å². The first-order valence-electron chi connectivity index (χ1n) is 6.85. The van der Waals surface area contributed by atoms with E-state index in [1.54, 1.807) is 29.6 Å². The van der Waals surface area contributed by atoms with Gasteiger partial charge in [0, 0.05) is 18.6 Å². The molecule has 0 aliphatic carbocycles. The van der Waals surface area contributed by atoms with E-state index in [0.29, 0.717) is 28.2 Å². The summed E-state index contributed by atoms with van der Waals surface area (Å²) in [5.41, 5.74) is 0.0203. The van der Waals surface area contributed by atoms with Crippen molar-refractivity contribution < 1.29 is 13.2 Å². The van der Waals surface area contributed by atoms with E-state index in [9.17, 15) is 8.42 Å². The number of nitrogens with one attached hydrogen (secondary N) is 1. The zero-order chi connectivity index (χ0) is 15.7. The molecule has 1 saturated heterocycles. The van der Waals surface area contributed by atoms with Gasteiger partial charge in [-0.3, -0.25) is 0 Å². The van der Waals surface area contributed by atoms with Crippen LogP contribution in [0.5, 0.6) is 5.75 Å². The fraction of sp³-hybridized carbons (Fsp3) is 0.571. The molecular weight excluding hydrogens is 356 g/mol. The Kier molecular flexibility index (Phi) is 4.97. The van der Waals surface area contributed by atoms with Crippen molar-refractivity contribution in [2.24, 2.45) is 0 Å². The summed E-state index contributed by atoms with van der Waals surface area (Å²) in [5, 5.41) is 3.27. The Morgan fingerprint density at radius 3 is 2.43 bits per heavy atom. The molecule has 0 bridgehead atoms. The molecule has 21 heavy (non-hydrogen) atoms. The lowest BCUT2D eigenvalue weighted by Crippen LogP contribution is -2.51. The minimum atomic E-state index is -3.45. The molecule has 7 heteroatoms. The van der Waals surface area contributed by atoms with Crippen molar-refractivity contribution in [3.8, 4) is 5.75 Å². The van der Waals surface area contributed by atoms with Gasteiger partial charge in [0.2, 0.25) is 10.0 Å². The summed E-state index contributed by atoms with van der Waals surface area (Å²) >= 11 is 3.34. The molecule has 1 aromatic rings. The van der Waals surface area contributed by atoms with Gasteiger partial charge in [-0.25, -0.2) is 8.42 Å². The fourth-order valence-electron chi connectivity index (χ4n) is 2.43. The van der Waals surface area contributed by atoms with Crippen molar-refractivity contribution in [3.05, 3.63) is 22.7 Å². The van der Waals surface area contributed by atoms with Gasteiger partial charge < -0.3 is 10.1 Å². The van der Waals surface area contributed by atoms with Gasteiger partial charge in [0.05, 0.1) is 16.5 Å². The summed E-state index contributed by atoms with van der Waals surface area (Å²) in [7, 11) is 0.0265. The maximum atomic E-state index is 12.7. The van der Waals surface area contributed by atoms with Crippen LogP contribution >= 0.6 is 15.9 Å². The number of hydrogen-bond donors (Lipinski definition) is 1. The van der Waals surface area contributed by atoms with Crippen LogP contribution in [0.1, 0.15) is 19.8 Å². The third-order valence-corrected chi connectivity index (χ3v) is 6.70. The van der Waals surface area contributed by atoms with Crippen molar-refractivity contribution in [1.82, 2.24) is 9.62 Å². The maximum absolute atomic E-state index is 12.7. The first-order valence-corrected chi connectivity index (χ1v) is 9.08. The highest BCUT2D eigenvalue weighted by molar-refractivity contribution is 9.10. The molecule has 0 saturated carbocycles. The van der Waals surface area contributed by atoms with Crippen molar-refractivity contribution in [1.29, 1.82) is 0 Å². The number of ether oxygens (including phenoxy) is 1. The van der Waals surface area contributed by atoms with Crippen LogP contribution in [0.15, 0.2) is 27.6 Å². The van der Waals surface area contributed by atoms with E-state index in [2.05, 4.69) is 28.2 Å². The summed E-state index contributed by atoms with van der Waals surface area (Å²) < 4.78 is 32.7. The van der Waals surface area contributed by atoms with Crippen LogP contribution in [-0.4, -0.2) is 45.5 Å². The Morgan fingerprint density at radius 1 is 1.33 bits per heavy atom. The highest BCUT2D eigenvalue weighted by Crippen LogP contribution is 2.31. The molecule has 1 aromatic carbocycles. The number of piperidine rings is 1. The lowest BCUT2D eigenvalue weighted by Gasteiger charge is -2.38. The maximum Gasteiger partial charge on any atom is 0.243 e. The molecule has 0 radical (unpaired) electrons. The third-order valence-electron chi connectivity index (χ3n) is 4.19. The van der Waals surface area contributed by atoms with E-state index in [1.165, 1.54) is 0 Å². The molecule has 118 valence electrons. The lowest BCUT2D eigenvalue weighted by atomic mass is 9.91. The van der Waals surface area contributed by atoms with Gasteiger partial charge in [-0.05, 0) is 60.9 Å². The minimum absolute atomic E-state index is 0.0203. The molecular formula is C14H21BrN2O3S. The largest absolute Gasteiger partial charge is 0.496 e. The fourth-order valence-corrected chi connectivity index (χ4v) is 4.59. The number of methoxy groups -OCH3 is 1. The molecule has 1 aliphatic rings. The molecule has 5 nitrogen and oxygen atoms in total. The second-order valence-electron chi connectivity index (χ2n) is 5.51. The Bertz CT molecular complexity index is 611. The van der Waals surface area contributed by atoms with Crippen LogP contribution in [0.2, 0.25) is 0 Å². The number of halogens is 1. The van der Waals surface area contributed by atoms with Gasteiger partial charge in [0.25, 0.3) is 0 Å². The molecule has 2 rings (SSSR count). The number of rotatable bonds is 4. The smallest absolute Gasteiger partial charge is 0.243 e. The first-order chi connectivity index (χ1) is 9.82. The molecule has 1 fully saturated rings. The lowest BCUT2D eigenvalue weighted by molar-refractivity contribution is 0.219. The van der Waals surface area contributed by atoms with Crippen LogP contribution in [0, 0.1) is 0 Å². The predicted octanol–water partition coefficient (Wildman–Crippen LogP) is 2.22. The zero-order valence-corrected chi connectivity index (χ0v) is 14.9. The number of benzene rings is 1. The monoisotopic (exact) mass is 376 g/mol. The highest BCUT2D eigenvalue weighted by atomic mass is 79.9. The van der Waals surface area contributed by atoms with Gasteiger partial charge in [-0.15, -0.1) is 0 Å². The van der Waals surface area contributed by atoms with Crippen LogP contribution in [-0.2, 0) is 10.0 Å². The van der Waals surface area contributed by atoms with Crippen LogP contribution in [0.4, 0.5) is 0 Å². The normalized spacial score (nSPS) is 19.4. The first kappa shape index (κ1) is 16.7.